The second-order valence-corrected chi connectivity index (χ2v) is 12.4. The normalized spacial score (nSPS) is 24.8. The Kier molecular flexibility index (Phi) is 7.31. The van der Waals surface area contributed by atoms with Crippen molar-refractivity contribution in [2.75, 3.05) is 27.4 Å². The van der Waals surface area contributed by atoms with Crippen LogP contribution in [-0.4, -0.2) is 42.4 Å². The molecule has 0 aromatic heterocycles. The van der Waals surface area contributed by atoms with E-state index in [1.165, 1.54) is 32.3 Å². The fourth-order valence-electron chi connectivity index (χ4n) is 6.43. The SMILES string of the molecule is COc1cc2c(cc1OC)[C@](C[Se]c1c([C@@H]3CCCO3)cccc1[C@@H]1CCCO1)(c1ccccc1)CC2. The van der Waals surface area contributed by atoms with E-state index in [0.717, 1.165) is 68.6 Å². The van der Waals surface area contributed by atoms with Gasteiger partial charge in [-0.1, -0.05) is 0 Å². The first kappa shape index (κ1) is 25.0. The molecule has 0 radical (unpaired) electrons. The molecular weight excluding hydrogens is 527 g/mol. The standard InChI is InChI=1S/C32H36O4Se/c1-33-29-19-22-15-16-32(23-9-4-3-5-10-23,26(22)20-30(29)34-2)21-37-31-24(27-13-7-17-35-27)11-6-12-25(31)28-14-8-18-36-28/h3-6,9-12,19-20,27-28H,7-8,13-18,21H2,1-2H3/t27-,28-,32+/m0/s1. The molecule has 194 valence electrons. The molecule has 3 atom stereocenters. The van der Waals surface area contributed by atoms with Crippen molar-refractivity contribution in [1.82, 2.24) is 0 Å². The first-order valence-electron chi connectivity index (χ1n) is 13.5. The Morgan fingerprint density at radius 3 is 2.08 bits per heavy atom. The van der Waals surface area contributed by atoms with Gasteiger partial charge < -0.3 is 0 Å². The van der Waals surface area contributed by atoms with E-state index in [-0.39, 0.29) is 32.6 Å². The maximum absolute atomic E-state index is 6.23. The number of benzene rings is 3. The van der Waals surface area contributed by atoms with Crippen LogP contribution in [-0.2, 0) is 21.3 Å². The molecule has 2 heterocycles. The Morgan fingerprint density at radius 2 is 1.49 bits per heavy atom. The fourth-order valence-corrected chi connectivity index (χ4v) is 9.77. The molecule has 0 spiro atoms. The summed E-state index contributed by atoms with van der Waals surface area (Å²) < 4.78 is 25.4. The molecule has 2 aliphatic heterocycles. The minimum atomic E-state index is -0.0480. The summed E-state index contributed by atoms with van der Waals surface area (Å²) in [7, 11) is 3.46. The summed E-state index contributed by atoms with van der Waals surface area (Å²) in [6.07, 6.45) is 7.09. The molecule has 2 fully saturated rings. The van der Waals surface area contributed by atoms with Crippen LogP contribution in [0.5, 0.6) is 11.5 Å². The third kappa shape index (κ3) is 4.61. The molecule has 0 saturated carbocycles. The molecule has 4 nitrogen and oxygen atoms in total. The van der Waals surface area contributed by atoms with Gasteiger partial charge in [0, 0.05) is 0 Å². The zero-order valence-corrected chi connectivity index (χ0v) is 23.5. The Labute approximate surface area is 226 Å². The number of hydrogen-bond donors (Lipinski definition) is 0. The van der Waals surface area contributed by atoms with E-state index in [2.05, 4.69) is 60.7 Å². The van der Waals surface area contributed by atoms with Gasteiger partial charge in [0.1, 0.15) is 0 Å². The van der Waals surface area contributed by atoms with Crippen molar-refractivity contribution in [3.8, 4) is 11.5 Å². The molecule has 3 aromatic carbocycles. The summed E-state index contributed by atoms with van der Waals surface area (Å²) in [6.45, 7) is 1.73. The molecule has 6 rings (SSSR count). The predicted molar refractivity (Wildman–Crippen MR) is 148 cm³/mol. The molecule has 5 heteroatoms. The monoisotopic (exact) mass is 564 g/mol. The number of hydrogen-bond acceptors (Lipinski definition) is 4. The second-order valence-electron chi connectivity index (χ2n) is 10.4. The Balaban J connectivity index is 1.43. The Hall–Kier alpha value is -2.30. The maximum atomic E-state index is 6.23. The van der Waals surface area contributed by atoms with Crippen LogP contribution in [0, 0.1) is 0 Å². The van der Waals surface area contributed by atoms with E-state index in [9.17, 15) is 0 Å². The van der Waals surface area contributed by atoms with Gasteiger partial charge in [-0.25, -0.2) is 0 Å². The predicted octanol–water partition coefficient (Wildman–Crippen LogP) is 6.09. The Morgan fingerprint density at radius 1 is 0.838 bits per heavy atom. The molecule has 37 heavy (non-hydrogen) atoms. The average Bonchev–Trinajstić information content (AvgIpc) is 3.73. The molecule has 3 aromatic rings. The molecule has 0 N–H and O–H groups in total. The van der Waals surface area contributed by atoms with Crippen LogP contribution in [0.2, 0.25) is 5.32 Å². The second kappa shape index (κ2) is 10.8. The van der Waals surface area contributed by atoms with Gasteiger partial charge in [0.25, 0.3) is 0 Å². The van der Waals surface area contributed by atoms with Gasteiger partial charge in [-0.05, 0) is 0 Å². The molecule has 3 aliphatic rings. The number of fused-ring (bicyclic) bond motifs is 1. The van der Waals surface area contributed by atoms with Gasteiger partial charge in [0.15, 0.2) is 0 Å². The number of ether oxygens (including phenoxy) is 4. The van der Waals surface area contributed by atoms with Crippen molar-refractivity contribution in [3.63, 3.8) is 0 Å². The first-order chi connectivity index (χ1) is 18.2. The number of methoxy groups -OCH3 is 2. The van der Waals surface area contributed by atoms with E-state index >= 15 is 0 Å². The van der Waals surface area contributed by atoms with E-state index in [1.54, 1.807) is 14.2 Å². The molecule has 0 bridgehead atoms. The van der Waals surface area contributed by atoms with Gasteiger partial charge in [-0.2, -0.15) is 0 Å². The van der Waals surface area contributed by atoms with Crippen molar-refractivity contribution in [2.45, 2.75) is 61.5 Å². The van der Waals surface area contributed by atoms with Crippen LogP contribution in [0.3, 0.4) is 0 Å². The number of rotatable bonds is 8. The summed E-state index contributed by atoms with van der Waals surface area (Å²) in [6, 6.07) is 22.4. The first-order valence-corrected chi connectivity index (χ1v) is 15.6. The summed E-state index contributed by atoms with van der Waals surface area (Å²) >= 11 is 0.244. The van der Waals surface area contributed by atoms with Crippen molar-refractivity contribution in [2.24, 2.45) is 0 Å². The summed E-state index contributed by atoms with van der Waals surface area (Å²) in [5, 5.41) is 1.09. The van der Waals surface area contributed by atoms with Crippen LogP contribution in [0.1, 0.15) is 72.1 Å². The van der Waals surface area contributed by atoms with Crippen LogP contribution in [0.4, 0.5) is 0 Å². The molecule has 2 saturated heterocycles. The van der Waals surface area contributed by atoms with Gasteiger partial charge in [-0.15, -0.1) is 0 Å². The van der Waals surface area contributed by atoms with E-state index in [4.69, 9.17) is 18.9 Å². The van der Waals surface area contributed by atoms with Crippen LogP contribution in [0.15, 0.2) is 60.7 Å². The molecule has 0 unspecified atom stereocenters. The summed E-state index contributed by atoms with van der Waals surface area (Å²) in [5.74, 6) is 1.63. The molecule has 1 aliphatic carbocycles. The topological polar surface area (TPSA) is 36.9 Å². The van der Waals surface area contributed by atoms with Crippen molar-refractivity contribution < 1.29 is 18.9 Å². The van der Waals surface area contributed by atoms with Gasteiger partial charge >= 0.3 is 227 Å². The third-order valence-corrected chi connectivity index (χ3v) is 11.3. The zero-order valence-electron chi connectivity index (χ0n) is 21.8. The quantitative estimate of drug-likeness (QED) is 0.311. The van der Waals surface area contributed by atoms with E-state index in [1.807, 2.05) is 0 Å². The van der Waals surface area contributed by atoms with Gasteiger partial charge in [0.05, 0.1) is 0 Å². The Bertz CT molecular complexity index is 1200. The van der Waals surface area contributed by atoms with E-state index in [0.29, 0.717) is 0 Å². The van der Waals surface area contributed by atoms with Gasteiger partial charge in [-0.3, -0.25) is 0 Å². The van der Waals surface area contributed by atoms with Crippen molar-refractivity contribution >= 4 is 19.4 Å². The number of aryl methyl sites for hydroxylation is 1. The van der Waals surface area contributed by atoms with E-state index < -0.39 is 0 Å². The zero-order chi connectivity index (χ0) is 25.2. The summed E-state index contributed by atoms with van der Waals surface area (Å²) in [4.78, 5) is 0. The summed E-state index contributed by atoms with van der Waals surface area (Å²) in [5.41, 5.74) is 6.93. The molecule has 0 amide bonds. The average molecular weight is 564 g/mol. The molecular formula is C32H36O4Se. The van der Waals surface area contributed by atoms with Gasteiger partial charge in [0.2, 0.25) is 0 Å². The van der Waals surface area contributed by atoms with Crippen molar-refractivity contribution in [3.05, 3.63) is 88.5 Å². The van der Waals surface area contributed by atoms with Crippen LogP contribution in [0.25, 0.3) is 0 Å². The minimum absolute atomic E-state index is 0.0480. The van der Waals surface area contributed by atoms with Crippen LogP contribution < -0.4 is 13.9 Å². The van der Waals surface area contributed by atoms with Crippen LogP contribution >= 0.6 is 0 Å². The van der Waals surface area contributed by atoms with Crippen molar-refractivity contribution in [1.29, 1.82) is 0 Å². The third-order valence-electron chi connectivity index (χ3n) is 8.36. The fraction of sp³-hybridized carbons (Fsp3) is 0.438.